The van der Waals surface area contributed by atoms with Crippen molar-refractivity contribution < 1.29 is 5.11 Å². The maximum atomic E-state index is 10.6. The Balaban J connectivity index is 1.78. The predicted molar refractivity (Wildman–Crippen MR) is 96.0 cm³/mol. The molecule has 0 saturated heterocycles. The fraction of sp³-hybridized carbons (Fsp3) is 0.353. The van der Waals surface area contributed by atoms with Crippen molar-refractivity contribution in [1.82, 2.24) is 14.9 Å². The van der Waals surface area contributed by atoms with E-state index in [4.69, 9.17) is 11.6 Å². The molecule has 2 atom stereocenters. The fourth-order valence-electron chi connectivity index (χ4n) is 2.69. The number of rotatable bonds is 5. The van der Waals surface area contributed by atoms with E-state index in [9.17, 15) is 5.11 Å². The lowest BCUT2D eigenvalue weighted by molar-refractivity contribution is 0.0544. The fourth-order valence-corrected chi connectivity index (χ4v) is 3.64. The van der Waals surface area contributed by atoms with Gasteiger partial charge in [0.15, 0.2) is 0 Å². The number of nitrogens with zero attached hydrogens (tertiary/aromatic N) is 2. The predicted octanol–water partition coefficient (Wildman–Crippen LogP) is 3.85. The molecule has 0 amide bonds. The average Bonchev–Trinajstić information content (AvgIpc) is 3.14. The van der Waals surface area contributed by atoms with Gasteiger partial charge in [0.1, 0.15) is 11.4 Å². The van der Waals surface area contributed by atoms with Gasteiger partial charge in [0, 0.05) is 18.6 Å². The highest BCUT2D eigenvalue weighted by atomic mass is 35.5. The zero-order valence-corrected chi connectivity index (χ0v) is 14.9. The Morgan fingerprint density at radius 1 is 1.43 bits per heavy atom. The van der Waals surface area contributed by atoms with E-state index in [1.807, 2.05) is 55.9 Å². The molecular formula is C17H20ClN3OS. The van der Waals surface area contributed by atoms with Crippen LogP contribution in [0.25, 0.3) is 11.0 Å². The maximum Gasteiger partial charge on any atom is 0.126 e. The molecule has 6 heteroatoms. The average molecular weight is 350 g/mol. The number of aryl methyl sites for hydroxylation is 1. The van der Waals surface area contributed by atoms with Crippen molar-refractivity contribution in [2.75, 3.05) is 6.54 Å². The molecule has 0 spiro atoms. The second-order valence-corrected chi connectivity index (χ2v) is 7.27. The Morgan fingerprint density at radius 2 is 2.22 bits per heavy atom. The van der Waals surface area contributed by atoms with Crippen LogP contribution in [-0.2, 0) is 12.6 Å². The summed E-state index contributed by atoms with van der Waals surface area (Å²) in [5, 5.41) is 18.6. The highest BCUT2D eigenvalue weighted by Gasteiger charge is 2.25. The summed E-state index contributed by atoms with van der Waals surface area (Å²) in [6.07, 6.45) is 0. The van der Waals surface area contributed by atoms with Crippen molar-refractivity contribution in [3.8, 4) is 0 Å². The van der Waals surface area contributed by atoms with Crippen molar-refractivity contribution >= 4 is 34.0 Å². The second-order valence-electron chi connectivity index (χ2n) is 6.05. The summed E-state index contributed by atoms with van der Waals surface area (Å²) >= 11 is 7.63. The molecule has 1 aromatic carbocycles. The monoisotopic (exact) mass is 349 g/mol. The summed E-state index contributed by atoms with van der Waals surface area (Å²) in [6, 6.07) is 7.68. The van der Waals surface area contributed by atoms with Crippen molar-refractivity contribution in [3.05, 3.63) is 51.4 Å². The van der Waals surface area contributed by atoms with Gasteiger partial charge in [-0.05, 0) is 54.4 Å². The van der Waals surface area contributed by atoms with Crippen molar-refractivity contribution in [1.29, 1.82) is 0 Å². The van der Waals surface area contributed by atoms with Gasteiger partial charge < -0.3 is 15.0 Å². The summed E-state index contributed by atoms with van der Waals surface area (Å²) < 4.78 is 2.06. The number of imidazole rings is 1. The Bertz CT molecular complexity index is 811. The van der Waals surface area contributed by atoms with Gasteiger partial charge in [-0.3, -0.25) is 0 Å². The minimum atomic E-state index is -0.901. The molecule has 2 N–H and O–H groups in total. The van der Waals surface area contributed by atoms with Crippen LogP contribution < -0.4 is 5.32 Å². The van der Waals surface area contributed by atoms with Crippen LogP contribution in [0.4, 0.5) is 0 Å². The van der Waals surface area contributed by atoms with Crippen LogP contribution in [0.1, 0.15) is 31.3 Å². The third-order valence-corrected chi connectivity index (χ3v) is 5.08. The molecule has 0 aliphatic rings. The number of halogens is 1. The van der Waals surface area contributed by atoms with Crippen LogP contribution in [-0.4, -0.2) is 21.2 Å². The van der Waals surface area contributed by atoms with E-state index in [0.717, 1.165) is 22.4 Å². The molecule has 2 aromatic heterocycles. The van der Waals surface area contributed by atoms with Gasteiger partial charge in [-0.25, -0.2) is 4.98 Å². The van der Waals surface area contributed by atoms with Gasteiger partial charge in [0.25, 0.3) is 0 Å². The number of benzene rings is 1. The van der Waals surface area contributed by atoms with Crippen LogP contribution >= 0.6 is 22.9 Å². The number of nitrogens with one attached hydrogen (secondary N) is 1. The molecule has 0 aliphatic carbocycles. The van der Waals surface area contributed by atoms with Crippen molar-refractivity contribution in [2.45, 2.75) is 25.5 Å². The van der Waals surface area contributed by atoms with E-state index < -0.39 is 5.60 Å². The summed E-state index contributed by atoms with van der Waals surface area (Å²) in [7, 11) is 1.99. The minimum Gasteiger partial charge on any atom is -0.384 e. The molecule has 0 fully saturated rings. The van der Waals surface area contributed by atoms with E-state index in [2.05, 4.69) is 14.9 Å². The van der Waals surface area contributed by atoms with E-state index in [1.165, 1.54) is 0 Å². The van der Waals surface area contributed by atoms with Gasteiger partial charge in [0.2, 0.25) is 0 Å². The van der Waals surface area contributed by atoms with Gasteiger partial charge in [0.05, 0.1) is 17.1 Å². The highest BCUT2D eigenvalue weighted by molar-refractivity contribution is 7.08. The number of fused-ring (bicyclic) bond motifs is 1. The van der Waals surface area contributed by atoms with Crippen LogP contribution in [0.5, 0.6) is 0 Å². The summed E-state index contributed by atoms with van der Waals surface area (Å²) in [5.41, 5.74) is 1.96. The second kappa shape index (κ2) is 6.24. The van der Waals surface area contributed by atoms with Gasteiger partial charge >= 0.3 is 0 Å². The summed E-state index contributed by atoms with van der Waals surface area (Å²) in [5.74, 6) is 0.920. The molecular weight excluding hydrogens is 330 g/mol. The molecule has 122 valence electrons. The van der Waals surface area contributed by atoms with Gasteiger partial charge in [-0.1, -0.05) is 11.6 Å². The van der Waals surface area contributed by atoms with Crippen molar-refractivity contribution in [3.63, 3.8) is 0 Å². The lowest BCUT2D eigenvalue weighted by Gasteiger charge is -2.25. The zero-order valence-electron chi connectivity index (χ0n) is 13.4. The third kappa shape index (κ3) is 3.28. The summed E-state index contributed by atoms with van der Waals surface area (Å²) in [6.45, 7) is 4.32. The number of aliphatic hydroxyl groups is 1. The molecule has 2 unspecified atom stereocenters. The molecule has 0 aliphatic heterocycles. The molecule has 0 radical (unpaired) electrons. The first kappa shape index (κ1) is 16.5. The molecule has 0 bridgehead atoms. The Labute approximate surface area is 144 Å². The normalized spacial score (nSPS) is 15.7. The Morgan fingerprint density at radius 3 is 2.91 bits per heavy atom. The van der Waals surface area contributed by atoms with Crippen molar-refractivity contribution in [2.24, 2.45) is 7.05 Å². The molecule has 4 nitrogen and oxygen atoms in total. The Hall–Kier alpha value is -1.40. The highest BCUT2D eigenvalue weighted by Crippen LogP contribution is 2.25. The summed E-state index contributed by atoms with van der Waals surface area (Å²) in [4.78, 5) is 4.67. The minimum absolute atomic E-state index is 0.0105. The molecule has 23 heavy (non-hydrogen) atoms. The van der Waals surface area contributed by atoms with E-state index >= 15 is 0 Å². The number of aromatic nitrogens is 2. The largest absolute Gasteiger partial charge is 0.384 e. The SMILES string of the molecule is CC(NCC(C)(O)c1ccsc1)c1nc2cc(Cl)ccc2n1C. The van der Waals surface area contributed by atoms with Crippen LogP contribution in [0.2, 0.25) is 5.02 Å². The standard InChI is InChI=1S/C17H20ClN3OS/c1-11(19-10-17(2,22)12-6-7-23-9-12)16-20-14-8-13(18)4-5-15(14)21(16)3/h4-9,11,19,22H,10H2,1-3H3. The van der Waals surface area contributed by atoms with E-state index in [-0.39, 0.29) is 6.04 Å². The van der Waals surface area contributed by atoms with E-state index in [1.54, 1.807) is 11.3 Å². The molecule has 2 heterocycles. The van der Waals surface area contributed by atoms with Gasteiger partial charge in [-0.15, -0.1) is 0 Å². The molecule has 3 aromatic rings. The van der Waals surface area contributed by atoms with E-state index in [0.29, 0.717) is 11.6 Å². The zero-order chi connectivity index (χ0) is 16.6. The van der Waals surface area contributed by atoms with Gasteiger partial charge in [-0.2, -0.15) is 11.3 Å². The quantitative estimate of drug-likeness (QED) is 0.735. The number of hydrogen-bond donors (Lipinski definition) is 2. The lowest BCUT2D eigenvalue weighted by atomic mass is 9.99. The number of thiophene rings is 1. The first-order valence-electron chi connectivity index (χ1n) is 7.49. The van der Waals surface area contributed by atoms with Crippen LogP contribution in [0, 0.1) is 0 Å². The third-order valence-electron chi connectivity index (χ3n) is 4.16. The molecule has 0 saturated carbocycles. The van der Waals surface area contributed by atoms with Crippen LogP contribution in [0.15, 0.2) is 35.0 Å². The molecule has 3 rings (SSSR count). The lowest BCUT2D eigenvalue weighted by Crippen LogP contribution is -2.37. The maximum absolute atomic E-state index is 10.6. The first-order chi connectivity index (χ1) is 10.9. The Kier molecular flexibility index (Phi) is 4.47. The topological polar surface area (TPSA) is 50.1 Å². The smallest absolute Gasteiger partial charge is 0.126 e. The first-order valence-corrected chi connectivity index (χ1v) is 8.81. The number of hydrogen-bond acceptors (Lipinski definition) is 4. The van der Waals surface area contributed by atoms with Crippen LogP contribution in [0.3, 0.4) is 0 Å².